The molecule has 1 aromatic carbocycles. The summed E-state index contributed by atoms with van der Waals surface area (Å²) in [6, 6.07) is 4.96. The van der Waals surface area contributed by atoms with Crippen molar-refractivity contribution in [2.45, 2.75) is 30.6 Å². The number of benzene rings is 1. The van der Waals surface area contributed by atoms with Gasteiger partial charge in [-0.1, -0.05) is 6.07 Å². The fourth-order valence-corrected chi connectivity index (χ4v) is 4.73. The Morgan fingerprint density at radius 1 is 1.00 bits per heavy atom. The molecule has 0 bridgehead atoms. The summed E-state index contributed by atoms with van der Waals surface area (Å²) in [5.74, 6) is 0. The zero-order chi connectivity index (χ0) is 15.7. The van der Waals surface area contributed by atoms with Gasteiger partial charge in [0.05, 0.1) is 4.90 Å². The van der Waals surface area contributed by atoms with Gasteiger partial charge in [0.25, 0.3) is 0 Å². The van der Waals surface area contributed by atoms with Crippen molar-refractivity contribution in [1.82, 2.24) is 9.21 Å². The number of carbonyl (C=O) groups is 1. The highest BCUT2D eigenvalue weighted by Gasteiger charge is 2.28. The van der Waals surface area contributed by atoms with E-state index in [1.165, 1.54) is 14.8 Å². The third kappa shape index (κ3) is 2.83. The molecule has 0 unspecified atom stereocenters. The molecule has 22 heavy (non-hydrogen) atoms. The predicted molar refractivity (Wildman–Crippen MR) is 83.0 cm³/mol. The molecular weight excluding hydrogens is 302 g/mol. The number of aryl methyl sites for hydroxylation is 2. The van der Waals surface area contributed by atoms with Crippen LogP contribution in [0.2, 0.25) is 0 Å². The van der Waals surface area contributed by atoms with E-state index in [0.29, 0.717) is 37.5 Å². The zero-order valence-electron chi connectivity index (χ0n) is 12.5. The summed E-state index contributed by atoms with van der Waals surface area (Å²) in [6.07, 6.45) is 3.68. The minimum Gasteiger partial charge on any atom is -0.351 e. The Morgan fingerprint density at radius 3 is 2.55 bits per heavy atom. The smallest absolute Gasteiger partial charge is 0.314 e. The number of carbonyl (C=O) groups excluding carboxylic acids is 1. The van der Waals surface area contributed by atoms with Gasteiger partial charge < -0.3 is 10.6 Å². The second-order valence-corrected chi connectivity index (χ2v) is 7.80. The minimum absolute atomic E-state index is 0.294. The molecule has 0 saturated carbocycles. The molecule has 0 atom stereocenters. The van der Waals surface area contributed by atoms with Gasteiger partial charge in [0.1, 0.15) is 0 Å². The maximum absolute atomic E-state index is 12.8. The lowest BCUT2D eigenvalue weighted by atomic mass is 10.1. The first kappa shape index (κ1) is 15.3. The summed E-state index contributed by atoms with van der Waals surface area (Å²) < 4.78 is 27.1. The largest absolute Gasteiger partial charge is 0.351 e. The van der Waals surface area contributed by atoms with Crippen LogP contribution in [0.4, 0.5) is 4.79 Å². The van der Waals surface area contributed by atoms with Gasteiger partial charge in [0.2, 0.25) is 10.0 Å². The number of nitrogens with zero attached hydrogens (tertiary/aromatic N) is 2. The molecule has 2 aliphatic rings. The third-order valence-corrected chi connectivity index (χ3v) is 6.37. The quantitative estimate of drug-likeness (QED) is 0.879. The van der Waals surface area contributed by atoms with Gasteiger partial charge in [-0.2, -0.15) is 4.31 Å². The highest BCUT2D eigenvalue weighted by atomic mass is 32.2. The van der Waals surface area contributed by atoms with Crippen LogP contribution in [0.3, 0.4) is 0 Å². The summed E-state index contributed by atoms with van der Waals surface area (Å²) >= 11 is 0. The Bertz CT molecular complexity index is 687. The van der Waals surface area contributed by atoms with Crippen LogP contribution >= 0.6 is 0 Å². The second kappa shape index (κ2) is 5.89. The van der Waals surface area contributed by atoms with Crippen LogP contribution < -0.4 is 5.73 Å². The molecule has 0 spiro atoms. The van der Waals surface area contributed by atoms with Crippen molar-refractivity contribution in [2.75, 3.05) is 26.2 Å². The van der Waals surface area contributed by atoms with Crippen molar-refractivity contribution < 1.29 is 13.2 Å². The van der Waals surface area contributed by atoms with E-state index in [0.717, 1.165) is 24.8 Å². The maximum atomic E-state index is 12.8. The lowest BCUT2D eigenvalue weighted by Crippen LogP contribution is -2.39. The summed E-state index contributed by atoms with van der Waals surface area (Å²) in [7, 11) is -3.50. The molecule has 1 fully saturated rings. The number of hydrogen-bond donors (Lipinski definition) is 1. The van der Waals surface area contributed by atoms with E-state index in [-0.39, 0.29) is 0 Å². The van der Waals surface area contributed by atoms with Gasteiger partial charge in [-0.05, 0) is 48.9 Å². The van der Waals surface area contributed by atoms with Gasteiger partial charge in [-0.25, -0.2) is 13.2 Å². The number of nitrogens with two attached hydrogens (primary N) is 1. The molecular formula is C15H21N3O3S. The van der Waals surface area contributed by atoms with Crippen molar-refractivity contribution in [3.05, 3.63) is 29.3 Å². The lowest BCUT2D eigenvalue weighted by Gasteiger charge is -2.21. The predicted octanol–water partition coefficient (Wildman–Crippen LogP) is 0.950. The average molecular weight is 323 g/mol. The Labute approximate surface area is 130 Å². The fraction of sp³-hybridized carbons (Fsp3) is 0.533. The topological polar surface area (TPSA) is 83.7 Å². The number of urea groups is 1. The van der Waals surface area contributed by atoms with Gasteiger partial charge in [0, 0.05) is 26.2 Å². The van der Waals surface area contributed by atoms with E-state index in [1.807, 2.05) is 12.1 Å². The standard InChI is InChI=1S/C15H21N3O3S/c16-15(19)17-7-2-8-18(10-9-17)22(20,21)14-6-5-12-3-1-4-13(12)11-14/h5-6,11H,1-4,7-10H2,(H2,16,19). The van der Waals surface area contributed by atoms with E-state index in [4.69, 9.17) is 5.73 Å². The summed E-state index contributed by atoms with van der Waals surface area (Å²) in [6.45, 7) is 1.57. The summed E-state index contributed by atoms with van der Waals surface area (Å²) in [4.78, 5) is 13.1. The van der Waals surface area contributed by atoms with E-state index >= 15 is 0 Å². The fourth-order valence-electron chi connectivity index (χ4n) is 3.21. The van der Waals surface area contributed by atoms with E-state index < -0.39 is 16.1 Å². The highest BCUT2D eigenvalue weighted by molar-refractivity contribution is 7.89. The minimum atomic E-state index is -3.50. The zero-order valence-corrected chi connectivity index (χ0v) is 13.3. The number of hydrogen-bond acceptors (Lipinski definition) is 3. The molecule has 1 saturated heterocycles. The Hall–Kier alpha value is -1.60. The molecule has 1 aromatic rings. The molecule has 7 heteroatoms. The first-order valence-corrected chi connectivity index (χ1v) is 9.09. The van der Waals surface area contributed by atoms with Gasteiger partial charge in [0.15, 0.2) is 0 Å². The molecule has 2 N–H and O–H groups in total. The summed E-state index contributed by atoms with van der Waals surface area (Å²) in [5, 5.41) is 0. The first-order chi connectivity index (χ1) is 10.5. The van der Waals surface area contributed by atoms with Crippen molar-refractivity contribution in [3.8, 4) is 0 Å². The molecule has 1 aliphatic heterocycles. The van der Waals surface area contributed by atoms with Gasteiger partial charge in [-0.3, -0.25) is 0 Å². The molecule has 6 nitrogen and oxygen atoms in total. The molecule has 2 amide bonds. The highest BCUT2D eigenvalue weighted by Crippen LogP contribution is 2.26. The molecule has 0 radical (unpaired) electrons. The van der Waals surface area contributed by atoms with Crippen LogP contribution in [0.1, 0.15) is 24.0 Å². The van der Waals surface area contributed by atoms with E-state index in [2.05, 4.69) is 0 Å². The Morgan fingerprint density at radius 2 is 1.77 bits per heavy atom. The Balaban J connectivity index is 1.82. The van der Waals surface area contributed by atoms with Crippen molar-refractivity contribution in [1.29, 1.82) is 0 Å². The van der Waals surface area contributed by atoms with Crippen molar-refractivity contribution >= 4 is 16.1 Å². The normalized spacial score (nSPS) is 19.7. The number of sulfonamides is 1. The molecule has 0 aromatic heterocycles. The van der Waals surface area contributed by atoms with Gasteiger partial charge >= 0.3 is 6.03 Å². The molecule has 3 rings (SSSR count). The maximum Gasteiger partial charge on any atom is 0.314 e. The SMILES string of the molecule is NC(=O)N1CCCN(S(=O)(=O)c2ccc3c(c2)CCC3)CC1. The number of primary amides is 1. The van der Waals surface area contributed by atoms with E-state index in [9.17, 15) is 13.2 Å². The lowest BCUT2D eigenvalue weighted by molar-refractivity contribution is 0.210. The second-order valence-electron chi connectivity index (χ2n) is 5.87. The average Bonchev–Trinajstić information content (AvgIpc) is 2.80. The van der Waals surface area contributed by atoms with Crippen LogP contribution in [0.5, 0.6) is 0 Å². The van der Waals surface area contributed by atoms with Crippen LogP contribution in [0, 0.1) is 0 Å². The number of fused-ring (bicyclic) bond motifs is 1. The van der Waals surface area contributed by atoms with Crippen molar-refractivity contribution in [2.24, 2.45) is 5.73 Å². The molecule has 1 aliphatic carbocycles. The Kier molecular flexibility index (Phi) is 4.10. The number of rotatable bonds is 2. The monoisotopic (exact) mass is 323 g/mol. The van der Waals surface area contributed by atoms with Crippen molar-refractivity contribution in [3.63, 3.8) is 0 Å². The molecule has 1 heterocycles. The van der Waals surface area contributed by atoms with Gasteiger partial charge in [-0.15, -0.1) is 0 Å². The van der Waals surface area contributed by atoms with Crippen LogP contribution in [-0.4, -0.2) is 49.8 Å². The number of amides is 2. The van der Waals surface area contributed by atoms with E-state index in [1.54, 1.807) is 6.07 Å². The van der Waals surface area contributed by atoms with Crippen LogP contribution in [0.15, 0.2) is 23.1 Å². The van der Waals surface area contributed by atoms with Crippen LogP contribution in [-0.2, 0) is 22.9 Å². The summed E-state index contributed by atoms with van der Waals surface area (Å²) in [5.41, 5.74) is 7.69. The van der Waals surface area contributed by atoms with Crippen LogP contribution in [0.25, 0.3) is 0 Å². The third-order valence-electron chi connectivity index (χ3n) is 4.47. The first-order valence-electron chi connectivity index (χ1n) is 7.65. The molecule has 120 valence electrons.